The van der Waals surface area contributed by atoms with Crippen molar-refractivity contribution in [2.45, 2.75) is 32.7 Å². The van der Waals surface area contributed by atoms with Crippen LogP contribution in [0, 0.1) is 6.92 Å². The first-order valence-corrected chi connectivity index (χ1v) is 7.42. The van der Waals surface area contributed by atoms with E-state index in [0.29, 0.717) is 5.92 Å². The minimum atomic E-state index is 0.131. The van der Waals surface area contributed by atoms with Crippen LogP contribution in [0.25, 0.3) is 0 Å². The van der Waals surface area contributed by atoms with Gasteiger partial charge in [-0.2, -0.15) is 0 Å². The van der Waals surface area contributed by atoms with Gasteiger partial charge in [0.25, 0.3) is 0 Å². The van der Waals surface area contributed by atoms with Gasteiger partial charge in [0, 0.05) is 16.5 Å². The molecule has 2 aromatic rings. The fourth-order valence-electron chi connectivity index (χ4n) is 1.56. The van der Waals surface area contributed by atoms with E-state index in [1.165, 1.54) is 5.69 Å². The van der Waals surface area contributed by atoms with Crippen LogP contribution in [0.5, 0.6) is 0 Å². The van der Waals surface area contributed by atoms with Crippen molar-refractivity contribution in [3.63, 3.8) is 0 Å². The van der Waals surface area contributed by atoms with E-state index in [-0.39, 0.29) is 6.04 Å². The van der Waals surface area contributed by atoms with Gasteiger partial charge in [-0.25, -0.2) is 9.97 Å². The largest absolute Gasteiger partial charge is 0.305 e. The van der Waals surface area contributed by atoms with E-state index >= 15 is 0 Å². The van der Waals surface area contributed by atoms with Crippen LogP contribution in [0.15, 0.2) is 10.8 Å². The first kappa shape index (κ1) is 12.7. The van der Waals surface area contributed by atoms with E-state index in [4.69, 9.17) is 0 Å². The molecule has 1 N–H and O–H groups in total. The Morgan fingerprint density at radius 1 is 1.12 bits per heavy atom. The van der Waals surface area contributed by atoms with Crippen molar-refractivity contribution in [2.24, 2.45) is 0 Å². The lowest BCUT2D eigenvalue weighted by atomic mass is 10.2. The van der Waals surface area contributed by atoms with Gasteiger partial charge in [-0.05, 0) is 19.9 Å². The standard InChI is InChI=1S/C12H17N3S2/c1-7(2)9-6-17-12(15-9)10(13-4)11-14-8(3)5-16-11/h5-7,10,13H,1-4H3. The Bertz CT molecular complexity index is 487. The van der Waals surface area contributed by atoms with E-state index in [9.17, 15) is 0 Å². The van der Waals surface area contributed by atoms with Gasteiger partial charge < -0.3 is 5.32 Å². The summed E-state index contributed by atoms with van der Waals surface area (Å²) in [5.41, 5.74) is 2.24. The van der Waals surface area contributed by atoms with Crippen LogP contribution >= 0.6 is 22.7 Å². The second-order valence-electron chi connectivity index (χ2n) is 4.31. The Kier molecular flexibility index (Phi) is 3.91. The van der Waals surface area contributed by atoms with Crippen molar-refractivity contribution in [3.05, 3.63) is 32.2 Å². The zero-order valence-electron chi connectivity index (χ0n) is 10.5. The third kappa shape index (κ3) is 2.73. The van der Waals surface area contributed by atoms with Crippen molar-refractivity contribution in [1.29, 1.82) is 0 Å². The van der Waals surface area contributed by atoms with Gasteiger partial charge in [0.2, 0.25) is 0 Å². The molecule has 0 radical (unpaired) electrons. The van der Waals surface area contributed by atoms with Crippen molar-refractivity contribution >= 4 is 22.7 Å². The van der Waals surface area contributed by atoms with Gasteiger partial charge in [0.15, 0.2) is 0 Å². The molecule has 0 spiro atoms. The number of aryl methyl sites for hydroxylation is 1. The summed E-state index contributed by atoms with van der Waals surface area (Å²) >= 11 is 3.40. The van der Waals surface area contributed by atoms with Crippen molar-refractivity contribution in [2.75, 3.05) is 7.05 Å². The van der Waals surface area contributed by atoms with Gasteiger partial charge in [-0.3, -0.25) is 0 Å². The maximum Gasteiger partial charge on any atom is 0.117 e. The van der Waals surface area contributed by atoms with Gasteiger partial charge in [-0.15, -0.1) is 22.7 Å². The highest BCUT2D eigenvalue weighted by molar-refractivity contribution is 7.11. The predicted molar refractivity (Wildman–Crippen MR) is 74.0 cm³/mol. The van der Waals surface area contributed by atoms with Crippen molar-refractivity contribution < 1.29 is 0 Å². The average molecular weight is 267 g/mol. The van der Waals surface area contributed by atoms with Crippen LogP contribution in [0.3, 0.4) is 0 Å². The lowest BCUT2D eigenvalue weighted by Crippen LogP contribution is -2.17. The van der Waals surface area contributed by atoms with E-state index in [2.05, 4.69) is 39.9 Å². The minimum absolute atomic E-state index is 0.131. The van der Waals surface area contributed by atoms with Crippen LogP contribution in [0.4, 0.5) is 0 Å². The number of nitrogens with zero attached hydrogens (tertiary/aromatic N) is 2. The Balaban J connectivity index is 2.28. The quantitative estimate of drug-likeness (QED) is 0.923. The summed E-state index contributed by atoms with van der Waals surface area (Å²) in [6.45, 7) is 6.36. The van der Waals surface area contributed by atoms with E-state index in [1.54, 1.807) is 22.7 Å². The number of nitrogens with one attached hydrogen (secondary N) is 1. The van der Waals surface area contributed by atoms with Crippen molar-refractivity contribution in [1.82, 2.24) is 15.3 Å². The van der Waals surface area contributed by atoms with Crippen LogP contribution in [0.2, 0.25) is 0 Å². The Hall–Kier alpha value is -0.780. The van der Waals surface area contributed by atoms with Gasteiger partial charge in [0.1, 0.15) is 16.1 Å². The van der Waals surface area contributed by atoms with Gasteiger partial charge in [-0.1, -0.05) is 13.8 Å². The van der Waals surface area contributed by atoms with Gasteiger partial charge in [0.05, 0.1) is 5.69 Å². The lowest BCUT2D eigenvalue weighted by molar-refractivity contribution is 0.673. The summed E-state index contributed by atoms with van der Waals surface area (Å²) in [4.78, 5) is 9.22. The molecule has 17 heavy (non-hydrogen) atoms. The molecule has 0 amide bonds. The second-order valence-corrected chi connectivity index (χ2v) is 6.09. The SMILES string of the molecule is CNC(c1nc(C)cs1)c1nc(C(C)C)cs1. The summed E-state index contributed by atoms with van der Waals surface area (Å²) in [5.74, 6) is 0.482. The molecule has 2 aromatic heterocycles. The monoisotopic (exact) mass is 267 g/mol. The summed E-state index contributed by atoms with van der Waals surface area (Å²) < 4.78 is 0. The molecular weight excluding hydrogens is 250 g/mol. The number of hydrogen-bond acceptors (Lipinski definition) is 5. The van der Waals surface area contributed by atoms with E-state index < -0.39 is 0 Å². The first-order valence-electron chi connectivity index (χ1n) is 5.66. The van der Waals surface area contributed by atoms with E-state index in [1.807, 2.05) is 14.0 Å². The van der Waals surface area contributed by atoms with Crippen LogP contribution in [0.1, 0.15) is 47.2 Å². The molecule has 0 aliphatic carbocycles. The fourth-order valence-corrected chi connectivity index (χ4v) is 3.63. The summed E-state index contributed by atoms with van der Waals surface area (Å²) in [6, 6.07) is 0.131. The van der Waals surface area contributed by atoms with E-state index in [0.717, 1.165) is 15.7 Å². The molecule has 92 valence electrons. The molecule has 2 rings (SSSR count). The zero-order valence-corrected chi connectivity index (χ0v) is 12.2. The smallest absolute Gasteiger partial charge is 0.117 e. The molecular formula is C12H17N3S2. The number of aromatic nitrogens is 2. The maximum absolute atomic E-state index is 4.69. The molecule has 0 bridgehead atoms. The number of hydrogen-bond donors (Lipinski definition) is 1. The normalized spacial score (nSPS) is 13.2. The predicted octanol–water partition coefficient (Wildman–Crippen LogP) is 3.34. The Labute approximate surface area is 110 Å². The molecule has 0 saturated heterocycles. The molecule has 0 fully saturated rings. The first-order chi connectivity index (χ1) is 8.11. The molecule has 0 aliphatic heterocycles. The lowest BCUT2D eigenvalue weighted by Gasteiger charge is -2.09. The summed E-state index contributed by atoms with van der Waals surface area (Å²) in [5, 5.41) is 9.71. The topological polar surface area (TPSA) is 37.8 Å². The minimum Gasteiger partial charge on any atom is -0.305 e. The Morgan fingerprint density at radius 2 is 1.76 bits per heavy atom. The zero-order chi connectivity index (χ0) is 12.4. The third-order valence-corrected chi connectivity index (χ3v) is 4.51. The molecule has 0 saturated carbocycles. The Morgan fingerprint density at radius 3 is 2.24 bits per heavy atom. The van der Waals surface area contributed by atoms with Crippen molar-refractivity contribution in [3.8, 4) is 0 Å². The average Bonchev–Trinajstić information content (AvgIpc) is 2.89. The second kappa shape index (κ2) is 5.25. The fraction of sp³-hybridized carbons (Fsp3) is 0.500. The van der Waals surface area contributed by atoms with Crippen LogP contribution in [-0.4, -0.2) is 17.0 Å². The summed E-state index contributed by atoms with van der Waals surface area (Å²) in [6.07, 6.45) is 0. The number of rotatable bonds is 4. The van der Waals surface area contributed by atoms with Gasteiger partial charge >= 0.3 is 0 Å². The molecule has 1 atom stereocenters. The molecule has 2 heterocycles. The molecule has 3 nitrogen and oxygen atoms in total. The highest BCUT2D eigenvalue weighted by Gasteiger charge is 2.19. The van der Waals surface area contributed by atoms with Crippen LogP contribution in [-0.2, 0) is 0 Å². The molecule has 5 heteroatoms. The van der Waals surface area contributed by atoms with Crippen LogP contribution < -0.4 is 5.32 Å². The highest BCUT2D eigenvalue weighted by atomic mass is 32.1. The molecule has 0 aromatic carbocycles. The third-order valence-electron chi connectivity index (χ3n) is 2.55. The molecule has 0 aliphatic rings. The molecule has 1 unspecified atom stereocenters. The number of thiazole rings is 2. The maximum atomic E-state index is 4.69. The highest BCUT2D eigenvalue weighted by Crippen LogP contribution is 2.28. The summed E-state index contributed by atoms with van der Waals surface area (Å²) in [7, 11) is 1.96.